The number of nitro groups is 1. The highest BCUT2D eigenvalue weighted by Crippen LogP contribution is 2.32. The van der Waals surface area contributed by atoms with E-state index in [1.165, 1.54) is 17.8 Å². The van der Waals surface area contributed by atoms with Gasteiger partial charge in [0.2, 0.25) is 0 Å². The molecule has 0 atom stereocenters. The second-order valence-electron chi connectivity index (χ2n) is 7.92. The molecule has 3 rings (SSSR count). The van der Waals surface area contributed by atoms with Crippen molar-refractivity contribution in [3.63, 3.8) is 0 Å². The van der Waals surface area contributed by atoms with Crippen LogP contribution in [0.1, 0.15) is 30.6 Å². The molecule has 0 radical (unpaired) electrons. The average molecular weight is 444 g/mol. The van der Waals surface area contributed by atoms with E-state index in [1.54, 1.807) is 24.1 Å². The minimum atomic E-state index is -0.395. The number of benzene rings is 2. The van der Waals surface area contributed by atoms with Gasteiger partial charge in [0.1, 0.15) is 5.75 Å². The molecular formula is C23H29N3O4S. The Morgan fingerprint density at radius 1 is 1.16 bits per heavy atom. The van der Waals surface area contributed by atoms with Gasteiger partial charge >= 0.3 is 0 Å². The summed E-state index contributed by atoms with van der Waals surface area (Å²) in [5, 5.41) is 11.6. The molecule has 0 spiro atoms. The summed E-state index contributed by atoms with van der Waals surface area (Å²) in [5.74, 6) is 2.00. The third kappa shape index (κ3) is 5.70. The molecule has 7 nitrogen and oxygen atoms in total. The van der Waals surface area contributed by atoms with Crippen LogP contribution in [0.5, 0.6) is 5.75 Å². The average Bonchev–Trinajstić information content (AvgIpc) is 2.78. The van der Waals surface area contributed by atoms with Gasteiger partial charge in [-0.25, -0.2) is 0 Å². The SMILES string of the molecule is COc1ccccc1N1CCN(C(=O)c2ccc(SCCC(C)C)c([N+](=O)[O-])c2)CC1. The monoisotopic (exact) mass is 443 g/mol. The molecule has 0 saturated carbocycles. The van der Waals surface area contributed by atoms with Crippen LogP contribution in [0.15, 0.2) is 47.4 Å². The summed E-state index contributed by atoms with van der Waals surface area (Å²) in [5.41, 5.74) is 1.38. The predicted molar refractivity (Wildman–Crippen MR) is 124 cm³/mol. The Hall–Kier alpha value is -2.74. The van der Waals surface area contributed by atoms with E-state index in [4.69, 9.17) is 4.74 Å². The number of ether oxygens (including phenoxy) is 1. The Labute approximate surface area is 187 Å². The second-order valence-corrected chi connectivity index (χ2v) is 9.06. The second kappa shape index (κ2) is 10.5. The standard InChI is InChI=1S/C23H29N3O4S/c1-17(2)10-15-31-22-9-8-18(16-20(22)26(28)29)23(27)25-13-11-24(12-14-25)19-6-4-5-7-21(19)30-3/h4-9,16-17H,10-15H2,1-3H3. The number of amides is 1. The van der Waals surface area contributed by atoms with Crippen molar-refractivity contribution >= 4 is 29.0 Å². The van der Waals surface area contributed by atoms with E-state index in [0.29, 0.717) is 42.6 Å². The third-order valence-corrected chi connectivity index (χ3v) is 6.44. The van der Waals surface area contributed by atoms with E-state index >= 15 is 0 Å². The van der Waals surface area contributed by atoms with Crippen molar-refractivity contribution in [3.05, 3.63) is 58.1 Å². The number of hydrogen-bond donors (Lipinski definition) is 0. The number of anilines is 1. The van der Waals surface area contributed by atoms with Gasteiger partial charge in [0.15, 0.2) is 0 Å². The van der Waals surface area contributed by atoms with E-state index in [0.717, 1.165) is 23.6 Å². The van der Waals surface area contributed by atoms with Crippen molar-refractivity contribution < 1.29 is 14.5 Å². The van der Waals surface area contributed by atoms with Gasteiger partial charge in [-0.1, -0.05) is 26.0 Å². The van der Waals surface area contributed by atoms with E-state index in [2.05, 4.69) is 18.7 Å². The maximum absolute atomic E-state index is 13.0. The number of nitro benzene ring substituents is 1. The zero-order valence-electron chi connectivity index (χ0n) is 18.2. The molecule has 1 aliphatic heterocycles. The van der Waals surface area contributed by atoms with Gasteiger partial charge < -0.3 is 14.5 Å². The molecule has 2 aromatic rings. The zero-order valence-corrected chi connectivity index (χ0v) is 19.1. The fraction of sp³-hybridized carbons (Fsp3) is 0.435. The molecule has 166 valence electrons. The first-order chi connectivity index (χ1) is 14.9. The third-order valence-electron chi connectivity index (χ3n) is 5.35. The first kappa shape index (κ1) is 22.9. The number of para-hydroxylation sites is 2. The number of carbonyl (C=O) groups excluding carboxylic acids is 1. The quantitative estimate of drug-likeness (QED) is 0.334. The molecule has 2 aromatic carbocycles. The molecule has 1 saturated heterocycles. The van der Waals surface area contributed by atoms with Crippen LogP contribution in [-0.4, -0.2) is 54.8 Å². The van der Waals surface area contributed by atoms with E-state index in [9.17, 15) is 14.9 Å². The fourth-order valence-corrected chi connectivity index (χ4v) is 4.80. The summed E-state index contributed by atoms with van der Waals surface area (Å²) >= 11 is 1.48. The number of carbonyl (C=O) groups is 1. The molecule has 1 heterocycles. The lowest BCUT2D eigenvalue weighted by atomic mass is 10.1. The lowest BCUT2D eigenvalue weighted by molar-refractivity contribution is -0.387. The largest absolute Gasteiger partial charge is 0.495 e. The minimum absolute atomic E-state index is 0.00673. The molecule has 0 bridgehead atoms. The molecule has 1 amide bonds. The Kier molecular flexibility index (Phi) is 7.79. The number of nitrogens with zero attached hydrogens (tertiary/aromatic N) is 3. The van der Waals surface area contributed by atoms with Crippen molar-refractivity contribution in [1.82, 2.24) is 4.90 Å². The molecule has 0 aromatic heterocycles. The summed E-state index contributed by atoms with van der Waals surface area (Å²) < 4.78 is 5.44. The molecule has 8 heteroatoms. The lowest BCUT2D eigenvalue weighted by Crippen LogP contribution is -2.48. The van der Waals surface area contributed by atoms with Crippen LogP contribution in [0.2, 0.25) is 0 Å². The number of rotatable bonds is 8. The van der Waals surface area contributed by atoms with Gasteiger partial charge in [0, 0.05) is 37.8 Å². The van der Waals surface area contributed by atoms with Crippen molar-refractivity contribution in [3.8, 4) is 5.75 Å². The van der Waals surface area contributed by atoms with Gasteiger partial charge in [-0.05, 0) is 42.4 Å². The molecule has 0 aliphatic carbocycles. The van der Waals surface area contributed by atoms with Gasteiger partial charge in [-0.3, -0.25) is 14.9 Å². The van der Waals surface area contributed by atoms with Gasteiger partial charge in [-0.2, -0.15) is 0 Å². The van der Waals surface area contributed by atoms with Crippen LogP contribution >= 0.6 is 11.8 Å². The topological polar surface area (TPSA) is 75.9 Å². The molecule has 0 N–H and O–H groups in total. The van der Waals surface area contributed by atoms with Gasteiger partial charge in [0.25, 0.3) is 11.6 Å². The summed E-state index contributed by atoms with van der Waals surface area (Å²) in [7, 11) is 1.65. The van der Waals surface area contributed by atoms with Crippen molar-refractivity contribution in [2.24, 2.45) is 5.92 Å². The summed E-state index contributed by atoms with van der Waals surface area (Å²) in [6.45, 7) is 6.72. The van der Waals surface area contributed by atoms with E-state index in [-0.39, 0.29) is 11.6 Å². The fourth-order valence-electron chi connectivity index (χ4n) is 3.54. The van der Waals surface area contributed by atoms with Crippen LogP contribution in [-0.2, 0) is 0 Å². The van der Waals surface area contributed by atoms with E-state index < -0.39 is 4.92 Å². The molecule has 1 fully saturated rings. The number of methoxy groups -OCH3 is 1. The van der Waals surface area contributed by atoms with Crippen LogP contribution in [0.25, 0.3) is 0 Å². The minimum Gasteiger partial charge on any atom is -0.495 e. The Balaban J connectivity index is 1.67. The number of hydrogen-bond acceptors (Lipinski definition) is 6. The molecule has 0 unspecified atom stereocenters. The zero-order chi connectivity index (χ0) is 22.4. The summed E-state index contributed by atoms with van der Waals surface area (Å²) in [6, 6.07) is 12.7. The molecule has 1 aliphatic rings. The van der Waals surface area contributed by atoms with Gasteiger partial charge in [-0.15, -0.1) is 11.8 Å². The highest BCUT2D eigenvalue weighted by molar-refractivity contribution is 7.99. The Morgan fingerprint density at radius 3 is 2.52 bits per heavy atom. The van der Waals surface area contributed by atoms with Crippen LogP contribution in [0.3, 0.4) is 0 Å². The normalized spacial score (nSPS) is 14.1. The number of piperazine rings is 1. The van der Waals surface area contributed by atoms with Gasteiger partial charge in [0.05, 0.1) is 22.6 Å². The summed E-state index contributed by atoms with van der Waals surface area (Å²) in [6.07, 6.45) is 0.985. The van der Waals surface area contributed by atoms with Crippen LogP contribution in [0, 0.1) is 16.0 Å². The van der Waals surface area contributed by atoms with Crippen LogP contribution in [0.4, 0.5) is 11.4 Å². The first-order valence-electron chi connectivity index (χ1n) is 10.5. The lowest BCUT2D eigenvalue weighted by Gasteiger charge is -2.36. The van der Waals surface area contributed by atoms with Crippen LogP contribution < -0.4 is 9.64 Å². The number of thioether (sulfide) groups is 1. The molecule has 31 heavy (non-hydrogen) atoms. The van der Waals surface area contributed by atoms with E-state index in [1.807, 2.05) is 24.3 Å². The Bertz CT molecular complexity index is 927. The van der Waals surface area contributed by atoms with Crippen molar-refractivity contribution in [1.29, 1.82) is 0 Å². The molecular weight excluding hydrogens is 414 g/mol. The maximum Gasteiger partial charge on any atom is 0.283 e. The summed E-state index contributed by atoms with van der Waals surface area (Å²) in [4.78, 5) is 28.8. The smallest absolute Gasteiger partial charge is 0.283 e. The highest BCUT2D eigenvalue weighted by atomic mass is 32.2. The Morgan fingerprint density at radius 2 is 1.87 bits per heavy atom. The first-order valence-corrected chi connectivity index (χ1v) is 11.5. The highest BCUT2D eigenvalue weighted by Gasteiger charge is 2.25. The van der Waals surface area contributed by atoms with Crippen molar-refractivity contribution in [2.45, 2.75) is 25.2 Å². The van der Waals surface area contributed by atoms with Crippen molar-refractivity contribution in [2.75, 3.05) is 43.9 Å². The maximum atomic E-state index is 13.0. The predicted octanol–water partition coefficient (Wildman–Crippen LogP) is 4.70.